The first kappa shape index (κ1) is 64.2. The maximum absolute atomic E-state index is 12.6. The Morgan fingerprint density at radius 1 is 0.455 bits per heavy atom. The lowest BCUT2D eigenvalue weighted by Gasteiger charge is -2.19. The average Bonchev–Trinajstić information content (AvgIpc) is 3.31. The lowest BCUT2D eigenvalue weighted by molar-refractivity contribution is -0.161. The predicted octanol–water partition coefficient (Wildman–Crippen LogP) is 17.2. The van der Waals surface area contributed by atoms with Gasteiger partial charge in [-0.2, -0.15) is 0 Å². The second-order valence-corrected chi connectivity index (χ2v) is 20.3. The van der Waals surface area contributed by atoms with Crippen LogP contribution in [0.4, 0.5) is 0 Å². The quantitative estimate of drug-likeness (QED) is 0.0264. The highest BCUT2D eigenvalue weighted by molar-refractivity contribution is 7.47. The van der Waals surface area contributed by atoms with E-state index in [0.29, 0.717) is 6.42 Å². The van der Waals surface area contributed by atoms with Gasteiger partial charge in [0, 0.05) is 19.4 Å². The summed E-state index contributed by atoms with van der Waals surface area (Å²) in [7, 11) is -4.38. The van der Waals surface area contributed by atoms with E-state index in [1.165, 1.54) is 180 Å². The molecule has 0 aliphatic heterocycles. The fraction of sp³-hybridized carbons (Fsp3) is 0.857. The molecule has 388 valence electrons. The van der Waals surface area contributed by atoms with Crippen LogP contribution in [-0.2, 0) is 32.7 Å². The molecule has 0 aromatic rings. The molecule has 0 saturated heterocycles. The molecule has 9 nitrogen and oxygen atoms in total. The largest absolute Gasteiger partial charge is 0.472 e. The van der Waals surface area contributed by atoms with E-state index in [2.05, 4.69) is 50.3 Å². The van der Waals surface area contributed by atoms with Crippen molar-refractivity contribution in [3.05, 3.63) is 36.5 Å². The summed E-state index contributed by atoms with van der Waals surface area (Å²) >= 11 is 0. The van der Waals surface area contributed by atoms with E-state index in [0.717, 1.165) is 64.2 Å². The van der Waals surface area contributed by atoms with Crippen LogP contribution in [0.15, 0.2) is 36.5 Å². The molecule has 0 heterocycles. The Kier molecular flexibility index (Phi) is 51.2. The van der Waals surface area contributed by atoms with E-state index in [1.807, 2.05) is 0 Å². The summed E-state index contributed by atoms with van der Waals surface area (Å²) in [5.41, 5.74) is 5.36. The molecule has 0 fully saturated rings. The Hall–Kier alpha value is -1.77. The monoisotopic (exact) mass is 952 g/mol. The normalized spacial score (nSPS) is 13.3. The molecule has 0 saturated carbocycles. The van der Waals surface area contributed by atoms with Gasteiger partial charge in [0.25, 0.3) is 0 Å². The van der Waals surface area contributed by atoms with Crippen molar-refractivity contribution in [3.63, 3.8) is 0 Å². The number of carbonyl (C=O) groups is 2. The van der Waals surface area contributed by atoms with Crippen LogP contribution >= 0.6 is 7.82 Å². The van der Waals surface area contributed by atoms with Gasteiger partial charge in [0.05, 0.1) is 13.2 Å². The van der Waals surface area contributed by atoms with Crippen molar-refractivity contribution in [1.82, 2.24) is 0 Å². The van der Waals surface area contributed by atoms with Gasteiger partial charge in [-0.1, -0.05) is 237 Å². The fourth-order valence-electron chi connectivity index (χ4n) is 8.08. The van der Waals surface area contributed by atoms with Crippen molar-refractivity contribution >= 4 is 19.8 Å². The van der Waals surface area contributed by atoms with Crippen LogP contribution in [0.5, 0.6) is 0 Å². The van der Waals surface area contributed by atoms with Crippen LogP contribution in [0.1, 0.15) is 277 Å². The van der Waals surface area contributed by atoms with Crippen molar-refractivity contribution in [3.8, 4) is 0 Å². The number of hydrogen-bond donors (Lipinski definition) is 2. The molecule has 0 aromatic heterocycles. The Bertz CT molecular complexity index is 1180. The molecule has 0 aromatic carbocycles. The van der Waals surface area contributed by atoms with Crippen molar-refractivity contribution in [2.45, 2.75) is 283 Å². The molecule has 66 heavy (non-hydrogen) atoms. The van der Waals surface area contributed by atoms with E-state index in [9.17, 15) is 19.0 Å². The standard InChI is InChI=1S/C56H106NO8P/c1-3-5-7-9-11-13-15-16-17-18-19-20-21-22-23-24-25-26-27-28-29-30-31-32-33-34-35-36-37-38-39-41-43-45-47-49-56(59)65-54(53-64-66(60,61)63-51-50-57)52-62-55(58)48-46-44-42-40-14-12-10-8-6-4-2/h8,10,15-16,18-19,54H,3-7,9,11-14,17,20-53,57H2,1-2H3,(H,60,61)/b10-8-,16-15-,19-18-. The molecule has 0 aliphatic carbocycles. The van der Waals surface area contributed by atoms with Gasteiger partial charge in [0.2, 0.25) is 0 Å². The number of nitrogens with two attached hydrogens (primary N) is 1. The summed E-state index contributed by atoms with van der Waals surface area (Å²) < 4.78 is 32.8. The van der Waals surface area contributed by atoms with Gasteiger partial charge in [-0.05, 0) is 64.2 Å². The molecule has 2 atom stereocenters. The summed E-state index contributed by atoms with van der Waals surface area (Å²) in [6.45, 7) is 3.68. The van der Waals surface area contributed by atoms with Crippen molar-refractivity contribution in [2.24, 2.45) is 5.73 Å². The maximum atomic E-state index is 12.6. The zero-order chi connectivity index (χ0) is 48.1. The SMILES string of the molecule is CCC/C=C\CCCCCCCC(=O)OCC(COP(=O)(O)OCCN)OC(=O)CCCCCCCCCCCCCCCCCCCCCCCCC/C=C\C/C=C\CCCCCCC. The Morgan fingerprint density at radius 2 is 0.818 bits per heavy atom. The second kappa shape index (κ2) is 52.6. The van der Waals surface area contributed by atoms with Crippen molar-refractivity contribution in [1.29, 1.82) is 0 Å². The first-order valence-electron chi connectivity index (χ1n) is 28.0. The van der Waals surface area contributed by atoms with E-state index in [-0.39, 0.29) is 38.6 Å². The number of ether oxygens (including phenoxy) is 2. The van der Waals surface area contributed by atoms with Gasteiger partial charge in [0.1, 0.15) is 6.61 Å². The molecule has 3 N–H and O–H groups in total. The van der Waals surface area contributed by atoms with E-state index >= 15 is 0 Å². The number of phosphoric ester groups is 1. The van der Waals surface area contributed by atoms with E-state index in [4.69, 9.17) is 24.3 Å². The fourth-order valence-corrected chi connectivity index (χ4v) is 8.85. The molecule has 10 heteroatoms. The highest BCUT2D eigenvalue weighted by Gasteiger charge is 2.26. The lowest BCUT2D eigenvalue weighted by Crippen LogP contribution is -2.29. The number of hydrogen-bond acceptors (Lipinski definition) is 8. The van der Waals surface area contributed by atoms with Crippen LogP contribution in [0.2, 0.25) is 0 Å². The highest BCUT2D eigenvalue weighted by atomic mass is 31.2. The third-order valence-electron chi connectivity index (χ3n) is 12.2. The molecular weight excluding hydrogens is 846 g/mol. The predicted molar refractivity (Wildman–Crippen MR) is 280 cm³/mol. The lowest BCUT2D eigenvalue weighted by atomic mass is 10.0. The van der Waals surface area contributed by atoms with Gasteiger partial charge in [-0.15, -0.1) is 0 Å². The van der Waals surface area contributed by atoms with E-state index in [1.54, 1.807) is 0 Å². The molecule has 0 amide bonds. The molecule has 0 radical (unpaired) electrons. The second-order valence-electron chi connectivity index (χ2n) is 18.8. The zero-order valence-electron chi connectivity index (χ0n) is 43.2. The average molecular weight is 952 g/mol. The Balaban J connectivity index is 3.76. The van der Waals surface area contributed by atoms with Crippen molar-refractivity contribution < 1.29 is 37.6 Å². The minimum absolute atomic E-state index is 0.0538. The number of rotatable bonds is 53. The molecular formula is C56H106NO8P. The summed E-state index contributed by atoms with van der Waals surface area (Å²) in [6.07, 6.45) is 62.4. The smallest absolute Gasteiger partial charge is 0.462 e. The zero-order valence-corrected chi connectivity index (χ0v) is 44.1. The van der Waals surface area contributed by atoms with Crippen molar-refractivity contribution in [2.75, 3.05) is 26.4 Å². The minimum Gasteiger partial charge on any atom is -0.462 e. The molecule has 0 bridgehead atoms. The van der Waals surface area contributed by atoms with Crippen LogP contribution < -0.4 is 5.73 Å². The van der Waals surface area contributed by atoms with Gasteiger partial charge in [0.15, 0.2) is 6.10 Å². The van der Waals surface area contributed by atoms with Crippen LogP contribution in [0, 0.1) is 0 Å². The minimum atomic E-state index is -4.38. The summed E-state index contributed by atoms with van der Waals surface area (Å²) in [4.78, 5) is 34.9. The Morgan fingerprint density at radius 3 is 1.23 bits per heavy atom. The summed E-state index contributed by atoms with van der Waals surface area (Å²) in [5.74, 6) is -0.830. The van der Waals surface area contributed by atoms with E-state index < -0.39 is 26.5 Å². The third kappa shape index (κ3) is 51.6. The molecule has 2 unspecified atom stereocenters. The number of carbonyl (C=O) groups excluding carboxylic acids is 2. The van der Waals surface area contributed by atoms with Gasteiger partial charge >= 0.3 is 19.8 Å². The number of unbranched alkanes of at least 4 members (excludes halogenated alkanes) is 34. The van der Waals surface area contributed by atoms with Gasteiger partial charge in [-0.25, -0.2) is 4.57 Å². The number of esters is 2. The summed E-state index contributed by atoms with van der Waals surface area (Å²) in [6, 6.07) is 0. The van der Waals surface area contributed by atoms with Crippen LogP contribution in [0.3, 0.4) is 0 Å². The topological polar surface area (TPSA) is 134 Å². The van der Waals surface area contributed by atoms with Crippen LogP contribution in [-0.4, -0.2) is 49.3 Å². The first-order chi connectivity index (χ1) is 32.3. The number of allylic oxidation sites excluding steroid dienone is 6. The summed E-state index contributed by atoms with van der Waals surface area (Å²) in [5, 5.41) is 0. The first-order valence-corrected chi connectivity index (χ1v) is 29.5. The highest BCUT2D eigenvalue weighted by Crippen LogP contribution is 2.43. The van der Waals surface area contributed by atoms with Gasteiger partial charge in [-0.3, -0.25) is 18.6 Å². The molecule has 0 spiro atoms. The van der Waals surface area contributed by atoms with Crippen LogP contribution in [0.25, 0.3) is 0 Å². The third-order valence-corrected chi connectivity index (χ3v) is 13.2. The van der Waals surface area contributed by atoms with Gasteiger partial charge < -0.3 is 20.1 Å². The molecule has 0 aliphatic rings. The molecule has 0 rings (SSSR count). The maximum Gasteiger partial charge on any atom is 0.472 e. The number of phosphoric acid groups is 1. The Labute approximate surface area is 407 Å².